The minimum absolute atomic E-state index is 0.161. The molecule has 6 heteroatoms. The molecule has 0 aliphatic heterocycles. The summed E-state index contributed by atoms with van der Waals surface area (Å²) in [6.07, 6.45) is 3.53. The third-order valence-electron chi connectivity index (χ3n) is 3.04. The fourth-order valence-electron chi connectivity index (χ4n) is 2.23. The van der Waals surface area contributed by atoms with E-state index in [0.717, 1.165) is 22.2 Å². The predicted molar refractivity (Wildman–Crippen MR) is 76.6 cm³/mol. The minimum atomic E-state index is -0.383. The maximum Gasteiger partial charge on any atom is 0.223 e. The van der Waals surface area contributed by atoms with Gasteiger partial charge in [-0.3, -0.25) is 4.79 Å². The van der Waals surface area contributed by atoms with Crippen molar-refractivity contribution >= 4 is 22.8 Å². The van der Waals surface area contributed by atoms with Crippen LogP contribution in [0.3, 0.4) is 0 Å². The lowest BCUT2D eigenvalue weighted by Crippen LogP contribution is -2.13. The van der Waals surface area contributed by atoms with E-state index in [-0.39, 0.29) is 12.3 Å². The predicted octanol–water partition coefficient (Wildman–Crippen LogP) is 1.23. The van der Waals surface area contributed by atoms with E-state index in [1.807, 2.05) is 18.2 Å². The number of aromatic nitrogens is 3. The average Bonchev–Trinajstić information content (AvgIpc) is 2.79. The SMILES string of the molecule is NC(=O)Cc1cc2c(-c3ccnc(N)c3)ccnc2[nH]1. The minimum Gasteiger partial charge on any atom is -0.384 e. The topological polar surface area (TPSA) is 111 Å². The van der Waals surface area contributed by atoms with Crippen molar-refractivity contribution < 1.29 is 4.79 Å². The van der Waals surface area contributed by atoms with Gasteiger partial charge in [0.25, 0.3) is 0 Å². The molecule has 0 saturated heterocycles. The first-order valence-electron chi connectivity index (χ1n) is 6.10. The number of aromatic amines is 1. The molecular formula is C14H13N5O. The van der Waals surface area contributed by atoms with Crippen LogP contribution in [0, 0.1) is 0 Å². The Morgan fingerprint density at radius 1 is 1.20 bits per heavy atom. The summed E-state index contributed by atoms with van der Waals surface area (Å²) < 4.78 is 0. The summed E-state index contributed by atoms with van der Waals surface area (Å²) >= 11 is 0. The van der Waals surface area contributed by atoms with Crippen LogP contribution in [0.5, 0.6) is 0 Å². The van der Waals surface area contributed by atoms with E-state index in [1.165, 1.54) is 0 Å². The van der Waals surface area contributed by atoms with Gasteiger partial charge in [-0.05, 0) is 35.4 Å². The highest BCUT2D eigenvalue weighted by atomic mass is 16.1. The first kappa shape index (κ1) is 12.2. The third-order valence-corrected chi connectivity index (χ3v) is 3.04. The number of carbonyl (C=O) groups is 1. The van der Waals surface area contributed by atoms with Gasteiger partial charge in [0.1, 0.15) is 11.5 Å². The second kappa shape index (κ2) is 4.65. The number of hydrogen-bond acceptors (Lipinski definition) is 4. The average molecular weight is 267 g/mol. The normalized spacial score (nSPS) is 10.8. The van der Waals surface area contributed by atoms with E-state index in [9.17, 15) is 4.79 Å². The summed E-state index contributed by atoms with van der Waals surface area (Å²) in [4.78, 5) is 22.3. The molecule has 0 aromatic carbocycles. The van der Waals surface area contributed by atoms with Gasteiger partial charge < -0.3 is 16.5 Å². The van der Waals surface area contributed by atoms with Crippen LogP contribution in [-0.4, -0.2) is 20.9 Å². The molecule has 5 N–H and O–H groups in total. The Hall–Kier alpha value is -2.89. The van der Waals surface area contributed by atoms with Crippen molar-refractivity contribution in [3.63, 3.8) is 0 Å². The zero-order valence-corrected chi connectivity index (χ0v) is 10.6. The highest BCUT2D eigenvalue weighted by molar-refractivity contribution is 5.94. The van der Waals surface area contributed by atoms with Gasteiger partial charge in [0.2, 0.25) is 5.91 Å². The molecule has 100 valence electrons. The van der Waals surface area contributed by atoms with E-state index < -0.39 is 0 Å². The maximum atomic E-state index is 11.0. The number of H-pyrrole nitrogens is 1. The Labute approximate surface area is 114 Å². The van der Waals surface area contributed by atoms with Crippen LogP contribution in [0.15, 0.2) is 36.7 Å². The van der Waals surface area contributed by atoms with Crippen LogP contribution >= 0.6 is 0 Å². The van der Waals surface area contributed by atoms with Crippen LogP contribution in [0.25, 0.3) is 22.2 Å². The van der Waals surface area contributed by atoms with Crippen molar-refractivity contribution in [3.8, 4) is 11.1 Å². The van der Waals surface area contributed by atoms with Crippen LogP contribution in [-0.2, 0) is 11.2 Å². The zero-order chi connectivity index (χ0) is 14.1. The van der Waals surface area contributed by atoms with Crippen LogP contribution < -0.4 is 11.5 Å². The number of fused-ring (bicyclic) bond motifs is 1. The number of primary amides is 1. The molecule has 3 aromatic heterocycles. The molecule has 6 nitrogen and oxygen atoms in total. The number of carbonyl (C=O) groups excluding carboxylic acids is 1. The number of nitrogens with one attached hydrogen (secondary N) is 1. The van der Waals surface area contributed by atoms with Crippen LogP contribution in [0.2, 0.25) is 0 Å². The van der Waals surface area contributed by atoms with Crippen molar-refractivity contribution in [2.45, 2.75) is 6.42 Å². The van der Waals surface area contributed by atoms with Gasteiger partial charge >= 0.3 is 0 Å². The zero-order valence-electron chi connectivity index (χ0n) is 10.6. The lowest BCUT2D eigenvalue weighted by Gasteiger charge is -2.03. The Kier molecular flexibility index (Phi) is 2.83. The smallest absolute Gasteiger partial charge is 0.223 e. The summed E-state index contributed by atoms with van der Waals surface area (Å²) in [5.74, 6) is 0.0756. The van der Waals surface area contributed by atoms with Gasteiger partial charge in [0.05, 0.1) is 6.42 Å². The van der Waals surface area contributed by atoms with Crippen molar-refractivity contribution in [3.05, 3.63) is 42.4 Å². The molecule has 0 radical (unpaired) electrons. The molecule has 0 aliphatic carbocycles. The number of pyridine rings is 2. The number of hydrogen-bond donors (Lipinski definition) is 3. The fourth-order valence-corrected chi connectivity index (χ4v) is 2.23. The van der Waals surface area contributed by atoms with E-state index >= 15 is 0 Å². The molecule has 0 unspecified atom stereocenters. The first-order valence-corrected chi connectivity index (χ1v) is 6.10. The number of nitrogen functional groups attached to an aromatic ring is 1. The summed E-state index contributed by atoms with van der Waals surface area (Å²) in [6, 6.07) is 7.47. The van der Waals surface area contributed by atoms with Gasteiger partial charge in [0, 0.05) is 23.5 Å². The summed E-state index contributed by atoms with van der Waals surface area (Å²) in [6.45, 7) is 0. The van der Waals surface area contributed by atoms with E-state index in [1.54, 1.807) is 18.5 Å². The van der Waals surface area contributed by atoms with E-state index in [4.69, 9.17) is 11.5 Å². The molecular weight excluding hydrogens is 254 g/mol. The van der Waals surface area contributed by atoms with Gasteiger partial charge in [-0.1, -0.05) is 0 Å². The third kappa shape index (κ3) is 2.18. The Morgan fingerprint density at radius 2 is 2.00 bits per heavy atom. The second-order valence-corrected chi connectivity index (χ2v) is 4.53. The Balaban J connectivity index is 2.16. The number of amides is 1. The summed E-state index contributed by atoms with van der Waals surface area (Å²) in [7, 11) is 0. The van der Waals surface area contributed by atoms with Crippen molar-refractivity contribution in [2.24, 2.45) is 5.73 Å². The summed E-state index contributed by atoms with van der Waals surface area (Å²) in [5, 5.41) is 0.925. The van der Waals surface area contributed by atoms with Gasteiger partial charge in [-0.2, -0.15) is 0 Å². The molecule has 3 aromatic rings. The lowest BCUT2D eigenvalue weighted by molar-refractivity contribution is -0.117. The van der Waals surface area contributed by atoms with E-state index in [2.05, 4.69) is 15.0 Å². The van der Waals surface area contributed by atoms with Crippen molar-refractivity contribution in [1.29, 1.82) is 0 Å². The molecule has 0 spiro atoms. The number of nitrogens with two attached hydrogens (primary N) is 2. The molecule has 0 fully saturated rings. The standard InChI is InChI=1S/C14H13N5O/c15-12-5-8(1-3-17-12)10-2-4-18-14-11(10)6-9(19-14)7-13(16)20/h1-6H,7H2,(H2,15,17)(H2,16,20)(H,18,19). The monoisotopic (exact) mass is 267 g/mol. The van der Waals surface area contributed by atoms with E-state index in [0.29, 0.717) is 11.5 Å². The number of anilines is 1. The number of nitrogens with zero attached hydrogens (tertiary/aromatic N) is 2. The first-order chi connectivity index (χ1) is 9.63. The quantitative estimate of drug-likeness (QED) is 0.662. The maximum absolute atomic E-state index is 11.0. The van der Waals surface area contributed by atoms with Crippen molar-refractivity contribution in [2.75, 3.05) is 5.73 Å². The molecule has 3 rings (SSSR count). The highest BCUT2D eigenvalue weighted by Crippen LogP contribution is 2.28. The molecule has 0 aliphatic rings. The number of rotatable bonds is 3. The van der Waals surface area contributed by atoms with Crippen LogP contribution in [0.4, 0.5) is 5.82 Å². The largest absolute Gasteiger partial charge is 0.384 e. The Morgan fingerprint density at radius 3 is 2.75 bits per heavy atom. The lowest BCUT2D eigenvalue weighted by atomic mass is 10.0. The van der Waals surface area contributed by atoms with Gasteiger partial charge in [-0.25, -0.2) is 9.97 Å². The van der Waals surface area contributed by atoms with Gasteiger partial charge in [0.15, 0.2) is 0 Å². The van der Waals surface area contributed by atoms with Crippen LogP contribution in [0.1, 0.15) is 5.69 Å². The Bertz CT molecular complexity index is 793. The molecule has 0 atom stereocenters. The fraction of sp³-hybridized carbons (Fsp3) is 0.0714. The molecule has 20 heavy (non-hydrogen) atoms. The highest BCUT2D eigenvalue weighted by Gasteiger charge is 2.10. The molecule has 0 bridgehead atoms. The summed E-state index contributed by atoms with van der Waals surface area (Å²) in [5.41, 5.74) is 14.3. The molecule has 3 heterocycles. The van der Waals surface area contributed by atoms with Gasteiger partial charge in [-0.15, -0.1) is 0 Å². The molecule has 1 amide bonds. The van der Waals surface area contributed by atoms with Crippen molar-refractivity contribution in [1.82, 2.24) is 15.0 Å². The molecule has 0 saturated carbocycles. The second-order valence-electron chi connectivity index (χ2n) is 4.53.